The Bertz CT molecular complexity index is 712. The Balaban J connectivity index is 1.63. The number of esters is 1. The molecule has 5 heteroatoms. The number of methoxy groups -OCH3 is 1. The van der Waals surface area contributed by atoms with Gasteiger partial charge in [-0.25, -0.2) is 0 Å². The highest BCUT2D eigenvalue weighted by molar-refractivity contribution is 5.78. The Kier molecular flexibility index (Phi) is 3.61. The molecule has 0 radical (unpaired) electrons. The van der Waals surface area contributed by atoms with Crippen LogP contribution in [0.1, 0.15) is 62.4 Å². The maximum absolute atomic E-state index is 12.8. The van der Waals surface area contributed by atoms with Crippen LogP contribution in [0.25, 0.3) is 0 Å². The maximum Gasteiger partial charge on any atom is 0.314 e. The molecule has 1 saturated heterocycles. The quantitative estimate of drug-likeness (QED) is 0.777. The number of rotatable bonds is 1. The van der Waals surface area contributed by atoms with Gasteiger partial charge >= 0.3 is 5.97 Å². The Morgan fingerprint density at radius 2 is 2.15 bits per heavy atom. The number of furan rings is 1. The number of carbonyl (C=O) groups excluding carboxylic acids is 1. The third kappa shape index (κ3) is 1.86. The lowest BCUT2D eigenvalue weighted by Gasteiger charge is -2.65. The Morgan fingerprint density at radius 3 is 2.96 bits per heavy atom. The molecule has 5 rings (SSSR count). The molecule has 1 aliphatic heterocycles. The number of aliphatic hydroxyl groups excluding tert-OH is 1. The van der Waals surface area contributed by atoms with Crippen molar-refractivity contribution >= 4 is 5.97 Å². The van der Waals surface area contributed by atoms with E-state index >= 15 is 0 Å². The standard InChI is InChI=1S/C21H28O5/c1-12-13-4-5-15-20(16(13)17(22)18-14(12)6-9-26-18)7-3-8-21(15,11-25-10-20)19(23)24-2/h6,9,12-13,15-17,22H,3-5,7-8,10-11H2,1-2H3/t12-,13+,15-,16-,17-,20-,21+/m1/s1. The highest BCUT2D eigenvalue weighted by Gasteiger charge is 2.68. The van der Waals surface area contributed by atoms with E-state index in [1.165, 1.54) is 7.11 Å². The molecule has 7 atom stereocenters. The van der Waals surface area contributed by atoms with E-state index in [0.29, 0.717) is 25.0 Å². The average Bonchev–Trinajstić information content (AvgIpc) is 3.14. The van der Waals surface area contributed by atoms with Crippen molar-refractivity contribution in [1.29, 1.82) is 0 Å². The van der Waals surface area contributed by atoms with Gasteiger partial charge in [0, 0.05) is 11.3 Å². The fourth-order valence-electron chi connectivity index (χ4n) is 7.38. The van der Waals surface area contributed by atoms with E-state index in [1.807, 2.05) is 6.07 Å². The van der Waals surface area contributed by atoms with Crippen LogP contribution < -0.4 is 0 Å². The Hall–Kier alpha value is -1.33. The largest absolute Gasteiger partial charge is 0.469 e. The first kappa shape index (κ1) is 16.8. The zero-order valence-corrected chi connectivity index (χ0v) is 15.6. The summed E-state index contributed by atoms with van der Waals surface area (Å²) in [6.07, 6.45) is 5.98. The molecule has 1 aromatic heterocycles. The van der Waals surface area contributed by atoms with Crippen molar-refractivity contribution in [3.05, 3.63) is 23.7 Å². The Labute approximate surface area is 154 Å². The predicted molar refractivity (Wildman–Crippen MR) is 93.3 cm³/mol. The summed E-state index contributed by atoms with van der Waals surface area (Å²) in [5, 5.41) is 11.3. The predicted octanol–water partition coefficient (Wildman–Crippen LogP) is 3.43. The summed E-state index contributed by atoms with van der Waals surface area (Å²) in [5.74, 6) is 1.68. The van der Waals surface area contributed by atoms with Gasteiger partial charge in [-0.2, -0.15) is 0 Å². The van der Waals surface area contributed by atoms with Crippen LogP contribution in [0.15, 0.2) is 16.7 Å². The molecule has 2 saturated carbocycles. The van der Waals surface area contributed by atoms with Crippen molar-refractivity contribution in [3.8, 4) is 0 Å². The van der Waals surface area contributed by atoms with E-state index in [2.05, 4.69) is 6.92 Å². The summed E-state index contributed by atoms with van der Waals surface area (Å²) in [4.78, 5) is 12.8. The minimum atomic E-state index is -0.612. The lowest BCUT2D eigenvalue weighted by Crippen LogP contribution is -2.65. The zero-order chi connectivity index (χ0) is 18.1. The van der Waals surface area contributed by atoms with E-state index in [4.69, 9.17) is 13.9 Å². The van der Waals surface area contributed by atoms with Gasteiger partial charge in [0.05, 0.1) is 32.0 Å². The molecule has 1 aromatic rings. The third-order valence-electron chi connectivity index (χ3n) is 8.33. The second-order valence-corrected chi connectivity index (χ2v) is 9.02. The molecule has 0 spiro atoms. The summed E-state index contributed by atoms with van der Waals surface area (Å²) < 4.78 is 17.0. The second kappa shape index (κ2) is 5.59. The molecule has 4 aliphatic rings. The van der Waals surface area contributed by atoms with Gasteiger partial charge in [0.15, 0.2) is 0 Å². The number of hydrogen-bond donors (Lipinski definition) is 1. The number of fused-ring (bicyclic) bond motifs is 2. The fourth-order valence-corrected chi connectivity index (χ4v) is 7.38. The van der Waals surface area contributed by atoms with Crippen LogP contribution in [0.3, 0.4) is 0 Å². The monoisotopic (exact) mass is 360 g/mol. The maximum atomic E-state index is 12.8. The first-order chi connectivity index (χ1) is 12.5. The summed E-state index contributed by atoms with van der Waals surface area (Å²) in [6, 6.07) is 2.01. The van der Waals surface area contributed by atoms with Crippen LogP contribution in [0, 0.1) is 28.6 Å². The van der Waals surface area contributed by atoms with Crippen molar-refractivity contribution < 1.29 is 23.8 Å². The molecule has 0 amide bonds. The lowest BCUT2D eigenvalue weighted by atomic mass is 9.41. The van der Waals surface area contributed by atoms with Crippen LogP contribution in [-0.2, 0) is 14.3 Å². The van der Waals surface area contributed by atoms with Crippen LogP contribution in [0.2, 0.25) is 0 Å². The topological polar surface area (TPSA) is 68.9 Å². The molecule has 1 N–H and O–H groups in total. The number of aliphatic hydroxyl groups is 1. The molecule has 5 nitrogen and oxygen atoms in total. The summed E-state index contributed by atoms with van der Waals surface area (Å²) >= 11 is 0. The van der Waals surface area contributed by atoms with Gasteiger partial charge < -0.3 is 19.0 Å². The molecular weight excluding hydrogens is 332 g/mol. The number of hydrogen-bond acceptors (Lipinski definition) is 5. The van der Waals surface area contributed by atoms with Crippen molar-refractivity contribution in [3.63, 3.8) is 0 Å². The van der Waals surface area contributed by atoms with E-state index < -0.39 is 11.5 Å². The Morgan fingerprint density at radius 1 is 1.31 bits per heavy atom. The van der Waals surface area contributed by atoms with E-state index in [-0.39, 0.29) is 23.2 Å². The zero-order valence-electron chi connectivity index (χ0n) is 15.6. The van der Waals surface area contributed by atoms with Crippen LogP contribution >= 0.6 is 0 Å². The molecule has 2 bridgehead atoms. The molecule has 3 fully saturated rings. The highest BCUT2D eigenvalue weighted by Crippen LogP contribution is 2.69. The van der Waals surface area contributed by atoms with Crippen molar-refractivity contribution in [2.75, 3.05) is 20.3 Å². The van der Waals surface area contributed by atoms with Gasteiger partial charge in [0.25, 0.3) is 0 Å². The van der Waals surface area contributed by atoms with Crippen molar-refractivity contribution in [2.45, 2.75) is 51.0 Å². The van der Waals surface area contributed by atoms with Gasteiger partial charge in [0.1, 0.15) is 11.9 Å². The molecule has 142 valence electrons. The molecule has 26 heavy (non-hydrogen) atoms. The van der Waals surface area contributed by atoms with Gasteiger partial charge in [-0.3, -0.25) is 4.79 Å². The van der Waals surface area contributed by atoms with Gasteiger partial charge in [-0.05, 0) is 55.1 Å². The van der Waals surface area contributed by atoms with Crippen LogP contribution in [0.5, 0.6) is 0 Å². The lowest BCUT2D eigenvalue weighted by molar-refractivity contribution is -0.248. The number of carbonyl (C=O) groups is 1. The van der Waals surface area contributed by atoms with E-state index in [1.54, 1.807) is 6.26 Å². The van der Waals surface area contributed by atoms with Crippen LogP contribution in [0.4, 0.5) is 0 Å². The normalized spacial score (nSPS) is 46.7. The molecule has 0 unspecified atom stereocenters. The average molecular weight is 360 g/mol. The van der Waals surface area contributed by atoms with Crippen molar-refractivity contribution in [1.82, 2.24) is 0 Å². The minimum Gasteiger partial charge on any atom is -0.469 e. The molecule has 0 aromatic carbocycles. The molecular formula is C21H28O5. The van der Waals surface area contributed by atoms with Gasteiger partial charge in [-0.1, -0.05) is 13.3 Å². The van der Waals surface area contributed by atoms with Gasteiger partial charge in [-0.15, -0.1) is 0 Å². The molecule has 2 heterocycles. The summed E-state index contributed by atoms with van der Waals surface area (Å²) in [6.45, 7) is 3.35. The second-order valence-electron chi connectivity index (χ2n) is 9.02. The molecule has 3 aliphatic carbocycles. The van der Waals surface area contributed by atoms with Gasteiger partial charge in [0.2, 0.25) is 0 Å². The number of ether oxygens (including phenoxy) is 2. The van der Waals surface area contributed by atoms with E-state index in [0.717, 1.165) is 43.4 Å². The first-order valence-corrected chi connectivity index (χ1v) is 9.97. The first-order valence-electron chi connectivity index (χ1n) is 9.97. The van der Waals surface area contributed by atoms with E-state index in [9.17, 15) is 9.90 Å². The smallest absolute Gasteiger partial charge is 0.314 e. The summed E-state index contributed by atoms with van der Waals surface area (Å²) in [7, 11) is 1.49. The van der Waals surface area contributed by atoms with Crippen LogP contribution in [-0.4, -0.2) is 31.4 Å². The minimum absolute atomic E-state index is 0.0829. The highest BCUT2D eigenvalue weighted by atomic mass is 16.5. The summed E-state index contributed by atoms with van der Waals surface area (Å²) in [5.41, 5.74) is 0.453. The SMILES string of the molecule is COC(=O)[C@@]12CCC[C@]3(COC1)[C@@H]1[C@@H](CC[C@@H]23)[C@@H](C)c2ccoc2[C@@H]1O. The fraction of sp³-hybridized carbons (Fsp3) is 0.762. The third-order valence-corrected chi connectivity index (χ3v) is 8.33. The van der Waals surface area contributed by atoms with Crippen molar-refractivity contribution in [2.24, 2.45) is 28.6 Å².